The predicted molar refractivity (Wildman–Crippen MR) is 175 cm³/mol. The molecule has 0 spiro atoms. The molecule has 2 aliphatic rings. The average Bonchev–Trinajstić information content (AvgIpc) is 2.93. The molecule has 13 heteroatoms. The van der Waals surface area contributed by atoms with E-state index in [1.165, 1.54) is 17.7 Å². The number of nitrogens with zero attached hydrogens (tertiary/aromatic N) is 1. The fraction of sp³-hybridized carbons (Fsp3) is 0.516. The van der Waals surface area contributed by atoms with Crippen molar-refractivity contribution in [3.8, 4) is 0 Å². The zero-order chi connectivity index (χ0) is 33.0. The Hall–Kier alpha value is -2.47. The van der Waals surface area contributed by atoms with Crippen molar-refractivity contribution >= 4 is 73.6 Å². The van der Waals surface area contributed by atoms with Gasteiger partial charge in [-0.05, 0) is 55.2 Å². The summed E-state index contributed by atoms with van der Waals surface area (Å²) in [4.78, 5) is 53.4. The van der Waals surface area contributed by atoms with E-state index in [0.29, 0.717) is 42.2 Å². The van der Waals surface area contributed by atoms with Crippen molar-refractivity contribution in [2.75, 3.05) is 18.6 Å². The van der Waals surface area contributed by atoms with Gasteiger partial charge in [0.2, 0.25) is 0 Å². The van der Waals surface area contributed by atoms with Crippen LogP contribution >= 0.6 is 35.0 Å². The number of carbonyl (C=O) groups excluding carboxylic acids is 4. The van der Waals surface area contributed by atoms with Crippen molar-refractivity contribution in [3.63, 3.8) is 0 Å². The van der Waals surface area contributed by atoms with Gasteiger partial charge in [-0.1, -0.05) is 49.1 Å². The van der Waals surface area contributed by atoms with E-state index in [0.717, 1.165) is 24.5 Å². The van der Waals surface area contributed by atoms with Gasteiger partial charge >= 0.3 is 0 Å². The first-order valence-corrected chi connectivity index (χ1v) is 18.1. The topological polar surface area (TPSA) is 144 Å². The Morgan fingerprint density at radius 3 is 2.36 bits per heavy atom. The largest absolute Gasteiger partial charge is 0.511 e. The Balaban J connectivity index is 0.000000308. The molecule has 9 nitrogen and oxygen atoms in total. The van der Waals surface area contributed by atoms with E-state index in [2.05, 4.69) is 19.0 Å². The van der Waals surface area contributed by atoms with E-state index < -0.39 is 33.1 Å². The number of hydrogen-bond acceptors (Lipinski definition) is 10. The van der Waals surface area contributed by atoms with Crippen molar-refractivity contribution in [2.24, 2.45) is 17.0 Å². The van der Waals surface area contributed by atoms with Crippen LogP contribution in [0.15, 0.2) is 51.2 Å². The van der Waals surface area contributed by atoms with Gasteiger partial charge in [-0.2, -0.15) is 11.8 Å². The van der Waals surface area contributed by atoms with Crippen molar-refractivity contribution in [1.82, 2.24) is 0 Å². The minimum Gasteiger partial charge on any atom is -0.511 e. The zero-order valence-electron chi connectivity index (χ0n) is 25.3. The van der Waals surface area contributed by atoms with E-state index in [1.54, 1.807) is 6.08 Å². The van der Waals surface area contributed by atoms with Crippen LogP contribution in [0.4, 0.5) is 0 Å². The number of hydrogen-bond donors (Lipinski definition) is 1. The maximum atomic E-state index is 12.4. The van der Waals surface area contributed by atoms with Gasteiger partial charge in [-0.3, -0.25) is 19.2 Å². The SMILES string of the molecule is CCSC(C)CC1CC(=O)C(/C(CC)=N/OC/C=C/Cl)=C(O)C1.CS(=O)(=O)c1ccc(C(=O)C2C(=O)CCCC2=O)c(Cl)c1. The van der Waals surface area contributed by atoms with Crippen LogP contribution in [0.3, 0.4) is 0 Å². The molecule has 2 atom stereocenters. The molecule has 1 aromatic carbocycles. The quantitative estimate of drug-likeness (QED) is 0.0833. The fourth-order valence-corrected chi connectivity index (χ4v) is 7.09. The minimum absolute atomic E-state index is 0.00216. The van der Waals surface area contributed by atoms with Crippen LogP contribution in [0, 0.1) is 11.8 Å². The van der Waals surface area contributed by atoms with Crippen molar-refractivity contribution in [1.29, 1.82) is 0 Å². The van der Waals surface area contributed by atoms with Gasteiger partial charge < -0.3 is 9.94 Å². The van der Waals surface area contributed by atoms with E-state index in [9.17, 15) is 32.7 Å². The second-order valence-corrected chi connectivity index (χ2v) is 15.0. The number of allylic oxidation sites excluding steroid dienone is 2. The Labute approximate surface area is 273 Å². The first-order valence-electron chi connectivity index (χ1n) is 14.4. The molecule has 1 aromatic rings. The molecule has 0 bridgehead atoms. The Morgan fingerprint density at radius 2 is 1.84 bits per heavy atom. The number of sulfone groups is 1. The highest BCUT2D eigenvalue weighted by atomic mass is 35.5. The molecule has 3 rings (SSSR count). The summed E-state index contributed by atoms with van der Waals surface area (Å²) in [6.07, 6.45) is 5.96. The highest BCUT2D eigenvalue weighted by molar-refractivity contribution is 7.99. The maximum absolute atomic E-state index is 12.4. The number of thioether (sulfide) groups is 1. The van der Waals surface area contributed by atoms with Gasteiger partial charge in [0.05, 0.1) is 21.2 Å². The van der Waals surface area contributed by atoms with Crippen LogP contribution in [-0.4, -0.2) is 66.2 Å². The number of rotatable bonds is 12. The number of aliphatic hydroxyl groups excluding tert-OH is 1. The third-order valence-corrected chi connectivity index (χ3v) is 9.78. The van der Waals surface area contributed by atoms with Gasteiger partial charge in [0.15, 0.2) is 33.0 Å². The second kappa shape index (κ2) is 17.9. The number of aliphatic hydroxyl groups is 1. The van der Waals surface area contributed by atoms with E-state index in [-0.39, 0.29) is 52.4 Å². The summed E-state index contributed by atoms with van der Waals surface area (Å²) in [7, 11) is -3.44. The normalized spacial score (nSPS) is 19.2. The zero-order valence-corrected chi connectivity index (χ0v) is 28.5. The molecule has 2 aliphatic carbocycles. The molecule has 2 unspecified atom stereocenters. The van der Waals surface area contributed by atoms with E-state index in [4.69, 9.17) is 28.0 Å². The number of benzene rings is 1. The lowest BCUT2D eigenvalue weighted by Crippen LogP contribution is -2.35. The standard InChI is InChI=1S/C17H26ClNO3S.C14H13ClO5S/c1-4-14(19-22-8-6-7-18)17-15(20)10-13(11-16(17)21)9-12(3)23-5-2;1-21(19,20)8-5-6-9(10(15)7-8)14(18)13-11(16)3-2-4-12(13)17/h6-7,12-13,20H,4-5,8-11H2,1-3H3;5-7,13H,2-4H2,1H3/b7-6+,19-14+;. The number of halogens is 2. The lowest BCUT2D eigenvalue weighted by molar-refractivity contribution is -0.133. The molecule has 0 aliphatic heterocycles. The summed E-state index contributed by atoms with van der Waals surface area (Å²) in [6.45, 7) is 6.43. The van der Waals surface area contributed by atoms with Gasteiger partial charge in [0, 0.05) is 48.3 Å². The molecular weight excluding hydrogens is 649 g/mol. The maximum Gasteiger partial charge on any atom is 0.182 e. The predicted octanol–water partition coefficient (Wildman–Crippen LogP) is 6.71. The van der Waals surface area contributed by atoms with Crippen molar-refractivity contribution in [2.45, 2.75) is 75.9 Å². The summed E-state index contributed by atoms with van der Waals surface area (Å²) in [5, 5.41) is 14.7. The number of Topliss-reactive ketones (excluding diaryl/α,β-unsaturated/α-hetero) is 4. The molecule has 1 fully saturated rings. The smallest absolute Gasteiger partial charge is 0.182 e. The highest BCUT2D eigenvalue weighted by Gasteiger charge is 2.37. The molecule has 0 amide bonds. The van der Waals surface area contributed by atoms with E-state index >= 15 is 0 Å². The molecule has 0 heterocycles. The summed E-state index contributed by atoms with van der Waals surface area (Å²) in [5.41, 5.74) is 2.20. The van der Waals surface area contributed by atoms with Crippen LogP contribution in [-0.2, 0) is 29.1 Å². The number of ketones is 4. The van der Waals surface area contributed by atoms with Crippen molar-refractivity contribution in [3.05, 3.63) is 51.7 Å². The minimum atomic E-state index is -3.44. The van der Waals surface area contributed by atoms with Crippen LogP contribution in [0.5, 0.6) is 0 Å². The fourth-order valence-electron chi connectivity index (χ4n) is 5.05. The van der Waals surface area contributed by atoms with Crippen molar-refractivity contribution < 1.29 is 37.5 Å². The van der Waals surface area contributed by atoms with Crippen LogP contribution in [0.1, 0.15) is 76.1 Å². The van der Waals surface area contributed by atoms with Crippen LogP contribution in [0.25, 0.3) is 0 Å². The van der Waals surface area contributed by atoms with E-state index in [1.807, 2.05) is 18.7 Å². The first-order chi connectivity index (χ1) is 20.7. The van der Waals surface area contributed by atoms with Crippen LogP contribution < -0.4 is 0 Å². The Kier molecular flexibility index (Phi) is 15.3. The second-order valence-electron chi connectivity index (χ2n) is 10.6. The summed E-state index contributed by atoms with van der Waals surface area (Å²) >= 11 is 13.2. The lowest BCUT2D eigenvalue weighted by Gasteiger charge is -2.25. The molecule has 1 N–H and O–H groups in total. The summed E-state index contributed by atoms with van der Waals surface area (Å²) in [6, 6.07) is 3.64. The van der Waals surface area contributed by atoms with Gasteiger partial charge in [-0.15, -0.1) is 0 Å². The molecule has 0 aromatic heterocycles. The third kappa shape index (κ3) is 10.9. The lowest BCUT2D eigenvalue weighted by atomic mass is 9.82. The average molecular weight is 689 g/mol. The Bertz CT molecular complexity index is 1420. The Morgan fingerprint density at radius 1 is 1.18 bits per heavy atom. The molecule has 44 heavy (non-hydrogen) atoms. The molecule has 0 radical (unpaired) electrons. The third-order valence-electron chi connectivity index (χ3n) is 7.08. The first kappa shape index (κ1) is 37.7. The number of oxime groups is 1. The summed E-state index contributed by atoms with van der Waals surface area (Å²) in [5.74, 6) is -1.38. The molecule has 0 saturated heterocycles. The monoisotopic (exact) mass is 687 g/mol. The van der Waals surface area contributed by atoms with Gasteiger partial charge in [-0.25, -0.2) is 8.42 Å². The van der Waals surface area contributed by atoms with Gasteiger partial charge in [0.25, 0.3) is 0 Å². The molecule has 242 valence electrons. The highest BCUT2D eigenvalue weighted by Crippen LogP contribution is 2.33. The van der Waals surface area contributed by atoms with Gasteiger partial charge in [0.1, 0.15) is 18.3 Å². The molecular formula is C31H39Cl2NO8S2. The van der Waals surface area contributed by atoms with Crippen LogP contribution in [0.2, 0.25) is 5.02 Å². The number of carbonyl (C=O) groups is 4. The molecule has 1 saturated carbocycles. The summed E-state index contributed by atoms with van der Waals surface area (Å²) < 4.78 is 22.8.